The lowest BCUT2D eigenvalue weighted by atomic mass is 10.1. The Morgan fingerprint density at radius 2 is 2.00 bits per heavy atom. The average Bonchev–Trinajstić information content (AvgIpc) is 2.46. The number of benzene rings is 1. The molecule has 1 aromatic rings. The average molecular weight is 279 g/mol. The number of nitro groups is 1. The minimum absolute atomic E-state index is 0.0772. The second-order valence-electron chi connectivity index (χ2n) is 5.10. The van der Waals surface area contributed by atoms with Crippen LogP contribution in [0, 0.1) is 10.1 Å². The molecule has 0 aliphatic carbocycles. The number of hydrogen-bond acceptors (Lipinski definition) is 5. The van der Waals surface area contributed by atoms with Gasteiger partial charge in [-0.2, -0.15) is 0 Å². The Bertz CT molecular complexity index is 483. The van der Waals surface area contributed by atoms with Crippen molar-refractivity contribution in [1.29, 1.82) is 0 Å². The van der Waals surface area contributed by atoms with Crippen LogP contribution in [-0.2, 0) is 0 Å². The summed E-state index contributed by atoms with van der Waals surface area (Å²) in [7, 11) is 0. The predicted molar refractivity (Wildman–Crippen MR) is 78.1 cm³/mol. The molecule has 2 rings (SSSR count). The molecule has 0 amide bonds. The Morgan fingerprint density at radius 1 is 1.35 bits per heavy atom. The summed E-state index contributed by atoms with van der Waals surface area (Å²) in [5, 5.41) is 20.8. The van der Waals surface area contributed by atoms with Gasteiger partial charge in [0.1, 0.15) is 5.69 Å². The number of nitrogens with zero attached hydrogens (tertiary/aromatic N) is 3. The number of nitro benzene ring substituents is 1. The second kappa shape index (κ2) is 6.19. The molecule has 6 nitrogen and oxygen atoms in total. The van der Waals surface area contributed by atoms with E-state index in [1.165, 1.54) is 6.07 Å². The minimum atomic E-state index is -0.695. The summed E-state index contributed by atoms with van der Waals surface area (Å²) in [6.07, 6.45) is -0.695. The second-order valence-corrected chi connectivity index (χ2v) is 5.10. The zero-order chi connectivity index (χ0) is 14.7. The molecule has 0 bridgehead atoms. The normalized spacial score (nSPS) is 18.1. The van der Waals surface area contributed by atoms with Crippen LogP contribution < -0.4 is 4.90 Å². The molecule has 1 saturated heterocycles. The van der Waals surface area contributed by atoms with Gasteiger partial charge in [-0.3, -0.25) is 10.1 Å². The molecule has 1 unspecified atom stereocenters. The summed E-state index contributed by atoms with van der Waals surface area (Å²) < 4.78 is 0. The number of anilines is 1. The standard InChI is InChI=1S/C14H21N3O3/c1-3-15-6-8-16(9-7-15)13-5-4-12(11(2)18)10-14(13)17(19)20/h4-5,10-11,18H,3,6-9H2,1-2H3. The van der Waals surface area contributed by atoms with Crippen molar-refractivity contribution in [3.8, 4) is 0 Å². The van der Waals surface area contributed by atoms with Crippen LogP contribution >= 0.6 is 0 Å². The van der Waals surface area contributed by atoms with Gasteiger partial charge in [-0.1, -0.05) is 13.0 Å². The Morgan fingerprint density at radius 3 is 2.50 bits per heavy atom. The van der Waals surface area contributed by atoms with E-state index >= 15 is 0 Å². The summed E-state index contributed by atoms with van der Waals surface area (Å²) in [5.41, 5.74) is 1.30. The molecule has 1 aliphatic rings. The molecule has 1 aromatic carbocycles. The molecule has 0 spiro atoms. The number of rotatable bonds is 4. The molecule has 0 saturated carbocycles. The zero-order valence-corrected chi connectivity index (χ0v) is 12.0. The first-order chi connectivity index (χ1) is 9.52. The quantitative estimate of drug-likeness (QED) is 0.672. The highest BCUT2D eigenvalue weighted by Crippen LogP contribution is 2.31. The van der Waals surface area contributed by atoms with E-state index < -0.39 is 6.10 Å². The van der Waals surface area contributed by atoms with E-state index in [0.29, 0.717) is 11.3 Å². The highest BCUT2D eigenvalue weighted by molar-refractivity contribution is 5.64. The van der Waals surface area contributed by atoms with Gasteiger partial charge in [-0.25, -0.2) is 0 Å². The number of likely N-dealkylation sites (N-methyl/N-ethyl adjacent to an activating group) is 1. The van der Waals surface area contributed by atoms with Crippen molar-refractivity contribution in [2.75, 3.05) is 37.6 Å². The summed E-state index contributed by atoms with van der Waals surface area (Å²) in [6, 6.07) is 4.99. The number of piperazine rings is 1. The largest absolute Gasteiger partial charge is 0.389 e. The van der Waals surface area contributed by atoms with Crippen LogP contribution in [0.25, 0.3) is 0 Å². The van der Waals surface area contributed by atoms with Crippen LogP contribution in [0.5, 0.6) is 0 Å². The van der Waals surface area contributed by atoms with E-state index in [1.807, 2.05) is 0 Å². The lowest BCUT2D eigenvalue weighted by molar-refractivity contribution is -0.384. The topological polar surface area (TPSA) is 69.8 Å². The SMILES string of the molecule is CCN1CCN(c2ccc(C(C)O)cc2[N+](=O)[O-])CC1. The summed E-state index contributed by atoms with van der Waals surface area (Å²) >= 11 is 0. The Labute approximate surface area is 118 Å². The first-order valence-electron chi connectivity index (χ1n) is 6.96. The van der Waals surface area contributed by atoms with Crippen molar-refractivity contribution in [3.63, 3.8) is 0 Å². The molecular weight excluding hydrogens is 258 g/mol. The van der Waals surface area contributed by atoms with Gasteiger partial charge in [0.25, 0.3) is 5.69 Å². The van der Waals surface area contributed by atoms with Gasteiger partial charge in [-0.15, -0.1) is 0 Å². The summed E-state index contributed by atoms with van der Waals surface area (Å²) in [4.78, 5) is 15.3. The van der Waals surface area contributed by atoms with Crippen LogP contribution in [0.3, 0.4) is 0 Å². The third-order valence-corrected chi connectivity index (χ3v) is 3.84. The lowest BCUT2D eigenvalue weighted by Gasteiger charge is -2.35. The molecule has 6 heteroatoms. The van der Waals surface area contributed by atoms with Gasteiger partial charge in [0, 0.05) is 32.2 Å². The Hall–Kier alpha value is -1.66. The fourth-order valence-electron chi connectivity index (χ4n) is 2.52. The minimum Gasteiger partial charge on any atom is -0.389 e. The number of aliphatic hydroxyl groups excluding tert-OH is 1. The van der Waals surface area contributed by atoms with Crippen LogP contribution in [0.15, 0.2) is 18.2 Å². The van der Waals surface area contributed by atoms with Crippen molar-refractivity contribution >= 4 is 11.4 Å². The first kappa shape index (κ1) is 14.7. The molecule has 1 heterocycles. The number of aliphatic hydroxyl groups is 1. The van der Waals surface area contributed by atoms with E-state index in [4.69, 9.17) is 0 Å². The molecule has 20 heavy (non-hydrogen) atoms. The van der Waals surface area contributed by atoms with Crippen molar-refractivity contribution in [3.05, 3.63) is 33.9 Å². The van der Waals surface area contributed by atoms with Gasteiger partial charge < -0.3 is 14.9 Å². The molecule has 110 valence electrons. The summed E-state index contributed by atoms with van der Waals surface area (Å²) in [6.45, 7) is 8.17. The van der Waals surface area contributed by atoms with Crippen LogP contribution in [-0.4, -0.2) is 47.7 Å². The molecule has 1 fully saturated rings. The first-order valence-corrected chi connectivity index (χ1v) is 6.96. The van der Waals surface area contributed by atoms with Crippen molar-refractivity contribution in [2.45, 2.75) is 20.0 Å². The van der Waals surface area contributed by atoms with Gasteiger partial charge in [0.2, 0.25) is 0 Å². The highest BCUT2D eigenvalue weighted by Gasteiger charge is 2.24. The molecule has 1 aliphatic heterocycles. The van der Waals surface area contributed by atoms with E-state index in [-0.39, 0.29) is 10.6 Å². The highest BCUT2D eigenvalue weighted by atomic mass is 16.6. The summed E-state index contributed by atoms with van der Waals surface area (Å²) in [5.74, 6) is 0. The molecule has 1 atom stereocenters. The van der Waals surface area contributed by atoms with E-state index in [2.05, 4.69) is 16.7 Å². The van der Waals surface area contributed by atoms with Gasteiger partial charge in [0.05, 0.1) is 11.0 Å². The van der Waals surface area contributed by atoms with Crippen LogP contribution in [0.4, 0.5) is 11.4 Å². The van der Waals surface area contributed by atoms with Gasteiger partial charge >= 0.3 is 0 Å². The third kappa shape index (κ3) is 3.08. The van der Waals surface area contributed by atoms with Crippen molar-refractivity contribution < 1.29 is 10.0 Å². The molecule has 0 aromatic heterocycles. The lowest BCUT2D eigenvalue weighted by Crippen LogP contribution is -2.46. The fourth-order valence-corrected chi connectivity index (χ4v) is 2.52. The monoisotopic (exact) mass is 279 g/mol. The number of hydrogen-bond donors (Lipinski definition) is 1. The smallest absolute Gasteiger partial charge is 0.292 e. The Kier molecular flexibility index (Phi) is 4.57. The van der Waals surface area contributed by atoms with E-state index in [9.17, 15) is 15.2 Å². The van der Waals surface area contributed by atoms with Crippen LogP contribution in [0.1, 0.15) is 25.5 Å². The zero-order valence-electron chi connectivity index (χ0n) is 12.0. The maximum atomic E-state index is 11.2. The molecule has 1 N–H and O–H groups in total. The molecule has 0 radical (unpaired) electrons. The third-order valence-electron chi connectivity index (χ3n) is 3.84. The fraction of sp³-hybridized carbons (Fsp3) is 0.571. The van der Waals surface area contributed by atoms with Crippen molar-refractivity contribution in [1.82, 2.24) is 4.90 Å². The maximum Gasteiger partial charge on any atom is 0.292 e. The molecular formula is C14H21N3O3. The van der Waals surface area contributed by atoms with Crippen molar-refractivity contribution in [2.24, 2.45) is 0 Å². The van der Waals surface area contributed by atoms with Gasteiger partial charge in [-0.05, 0) is 25.1 Å². The van der Waals surface area contributed by atoms with E-state index in [0.717, 1.165) is 32.7 Å². The maximum absolute atomic E-state index is 11.2. The van der Waals surface area contributed by atoms with E-state index in [1.54, 1.807) is 19.1 Å². The van der Waals surface area contributed by atoms with Gasteiger partial charge in [0.15, 0.2) is 0 Å². The predicted octanol–water partition coefficient (Wildman–Crippen LogP) is 1.79. The van der Waals surface area contributed by atoms with Crippen LogP contribution in [0.2, 0.25) is 0 Å². The Balaban J connectivity index is 2.25.